The SMILES string of the molecule is CCNC(=NCC1CCCN(C(C)C)C1)N1CCOC(c2cccc(C(F)(F)F)c2)C1.I. The molecule has 2 aliphatic heterocycles. The van der Waals surface area contributed by atoms with Crippen molar-refractivity contribution in [3.05, 3.63) is 35.4 Å². The van der Waals surface area contributed by atoms with E-state index in [1.807, 2.05) is 6.92 Å². The van der Waals surface area contributed by atoms with Crippen LogP contribution in [0.5, 0.6) is 0 Å². The molecule has 1 aromatic carbocycles. The smallest absolute Gasteiger partial charge is 0.370 e. The molecule has 0 bridgehead atoms. The summed E-state index contributed by atoms with van der Waals surface area (Å²) in [5.74, 6) is 1.36. The molecule has 0 aliphatic carbocycles. The monoisotopic (exact) mass is 568 g/mol. The number of benzene rings is 1. The summed E-state index contributed by atoms with van der Waals surface area (Å²) in [5.41, 5.74) is -0.0893. The third kappa shape index (κ3) is 7.48. The molecule has 0 radical (unpaired) electrons. The van der Waals surface area contributed by atoms with Crippen LogP contribution in [0.25, 0.3) is 0 Å². The highest BCUT2D eigenvalue weighted by Crippen LogP contribution is 2.32. The van der Waals surface area contributed by atoms with Gasteiger partial charge in [-0.2, -0.15) is 13.2 Å². The molecule has 2 unspecified atom stereocenters. The molecule has 1 N–H and O–H groups in total. The van der Waals surface area contributed by atoms with E-state index in [4.69, 9.17) is 9.73 Å². The van der Waals surface area contributed by atoms with Crippen molar-refractivity contribution >= 4 is 29.9 Å². The van der Waals surface area contributed by atoms with Gasteiger partial charge in [0.15, 0.2) is 5.96 Å². The molecule has 3 rings (SSSR count). The number of morpholine rings is 1. The average Bonchev–Trinajstić information content (AvgIpc) is 2.76. The van der Waals surface area contributed by atoms with E-state index in [1.54, 1.807) is 6.07 Å². The number of hydrogen-bond donors (Lipinski definition) is 1. The number of aliphatic imine (C=N–C) groups is 1. The van der Waals surface area contributed by atoms with Gasteiger partial charge in [-0.1, -0.05) is 12.1 Å². The first-order valence-electron chi connectivity index (χ1n) is 11.3. The molecule has 182 valence electrons. The Morgan fingerprint density at radius 2 is 2.03 bits per heavy atom. The maximum absolute atomic E-state index is 13.1. The predicted molar refractivity (Wildman–Crippen MR) is 133 cm³/mol. The predicted octanol–water partition coefficient (Wildman–Crippen LogP) is 4.78. The van der Waals surface area contributed by atoms with Crippen molar-refractivity contribution in [2.75, 3.05) is 45.9 Å². The van der Waals surface area contributed by atoms with E-state index in [1.165, 1.54) is 25.0 Å². The summed E-state index contributed by atoms with van der Waals surface area (Å²) in [4.78, 5) is 9.53. The second-order valence-electron chi connectivity index (χ2n) is 8.72. The van der Waals surface area contributed by atoms with Gasteiger partial charge in [-0.3, -0.25) is 4.99 Å². The Hall–Kier alpha value is -1.07. The van der Waals surface area contributed by atoms with Crippen LogP contribution in [-0.2, 0) is 10.9 Å². The number of alkyl halides is 3. The van der Waals surface area contributed by atoms with Crippen molar-refractivity contribution in [2.45, 2.75) is 51.9 Å². The van der Waals surface area contributed by atoms with Crippen LogP contribution in [0.1, 0.15) is 50.8 Å². The normalized spacial score (nSPS) is 23.2. The summed E-state index contributed by atoms with van der Waals surface area (Å²) < 4.78 is 45.2. The van der Waals surface area contributed by atoms with E-state index in [0.717, 1.165) is 38.2 Å². The number of guanidine groups is 1. The minimum Gasteiger partial charge on any atom is -0.370 e. The average molecular weight is 568 g/mol. The van der Waals surface area contributed by atoms with Gasteiger partial charge >= 0.3 is 6.18 Å². The molecule has 0 saturated carbocycles. The van der Waals surface area contributed by atoms with Crippen molar-refractivity contribution in [1.29, 1.82) is 0 Å². The van der Waals surface area contributed by atoms with Gasteiger partial charge in [0.05, 0.1) is 18.7 Å². The molecule has 9 heteroatoms. The third-order valence-electron chi connectivity index (χ3n) is 6.07. The number of likely N-dealkylation sites (tertiary alicyclic amines) is 1. The lowest BCUT2D eigenvalue weighted by atomic mass is 9.97. The van der Waals surface area contributed by atoms with E-state index in [-0.39, 0.29) is 24.0 Å². The lowest BCUT2D eigenvalue weighted by molar-refractivity contribution is -0.137. The van der Waals surface area contributed by atoms with Crippen molar-refractivity contribution in [3.8, 4) is 0 Å². The number of halogens is 4. The van der Waals surface area contributed by atoms with E-state index >= 15 is 0 Å². The van der Waals surface area contributed by atoms with Gasteiger partial charge in [-0.25, -0.2) is 0 Å². The molecule has 2 aliphatic rings. The zero-order valence-electron chi connectivity index (χ0n) is 19.2. The maximum atomic E-state index is 13.1. The Morgan fingerprint density at radius 1 is 1.25 bits per heavy atom. The minimum absolute atomic E-state index is 0. The summed E-state index contributed by atoms with van der Waals surface area (Å²) in [5, 5.41) is 3.36. The molecule has 0 amide bonds. The van der Waals surface area contributed by atoms with Crippen LogP contribution in [0, 0.1) is 5.92 Å². The Morgan fingerprint density at radius 3 is 2.72 bits per heavy atom. The highest BCUT2D eigenvalue weighted by Gasteiger charge is 2.32. The fraction of sp³-hybridized carbons (Fsp3) is 0.696. The molecule has 2 saturated heterocycles. The Kier molecular flexibility index (Phi) is 10.5. The Balaban J connectivity index is 0.00000363. The minimum atomic E-state index is -4.36. The summed E-state index contributed by atoms with van der Waals surface area (Å²) in [6.45, 7) is 11.8. The van der Waals surface area contributed by atoms with Gasteiger partial charge in [-0.15, -0.1) is 24.0 Å². The second kappa shape index (κ2) is 12.4. The molecule has 5 nitrogen and oxygen atoms in total. The number of nitrogens with zero attached hydrogens (tertiary/aromatic N) is 3. The van der Waals surface area contributed by atoms with E-state index in [9.17, 15) is 13.2 Å². The number of ether oxygens (including phenoxy) is 1. The van der Waals surface area contributed by atoms with Crippen molar-refractivity contribution < 1.29 is 17.9 Å². The quantitative estimate of drug-likeness (QED) is 0.316. The van der Waals surface area contributed by atoms with Crippen LogP contribution < -0.4 is 5.32 Å². The van der Waals surface area contributed by atoms with E-state index in [2.05, 4.69) is 29.0 Å². The lowest BCUT2D eigenvalue weighted by Crippen LogP contribution is -2.48. The number of piperidine rings is 1. The molecule has 0 spiro atoms. The van der Waals surface area contributed by atoms with Crippen LogP contribution in [-0.4, -0.2) is 67.7 Å². The Labute approximate surface area is 206 Å². The summed E-state index contributed by atoms with van der Waals surface area (Å²) in [6, 6.07) is 5.99. The Bertz CT molecular complexity index is 744. The van der Waals surface area contributed by atoms with Gasteiger partial charge in [-0.05, 0) is 63.8 Å². The fourth-order valence-electron chi connectivity index (χ4n) is 4.32. The molecular formula is C23H36F3IN4O. The highest BCUT2D eigenvalue weighted by atomic mass is 127. The topological polar surface area (TPSA) is 40.1 Å². The second-order valence-corrected chi connectivity index (χ2v) is 8.72. The van der Waals surface area contributed by atoms with Crippen LogP contribution in [0.15, 0.2) is 29.3 Å². The van der Waals surface area contributed by atoms with Crippen molar-refractivity contribution in [3.63, 3.8) is 0 Å². The van der Waals surface area contributed by atoms with Gasteiger partial charge in [0.25, 0.3) is 0 Å². The number of nitrogens with one attached hydrogen (secondary N) is 1. The maximum Gasteiger partial charge on any atom is 0.416 e. The summed E-state index contributed by atoms with van der Waals surface area (Å²) >= 11 is 0. The molecule has 2 heterocycles. The summed E-state index contributed by atoms with van der Waals surface area (Å²) in [7, 11) is 0. The fourth-order valence-corrected chi connectivity index (χ4v) is 4.32. The third-order valence-corrected chi connectivity index (χ3v) is 6.07. The summed E-state index contributed by atoms with van der Waals surface area (Å²) in [6.07, 6.45) is -2.39. The number of rotatable bonds is 5. The first kappa shape index (κ1) is 27.2. The first-order valence-corrected chi connectivity index (χ1v) is 11.3. The molecule has 2 atom stereocenters. The zero-order chi connectivity index (χ0) is 22.4. The standard InChI is InChI=1S/C23H35F3N4O.HI/c1-4-27-22(28-14-18-7-6-10-29(15-18)17(2)3)30-11-12-31-21(16-30)19-8-5-9-20(13-19)23(24,25)26;/h5,8-9,13,17-18,21H,4,6-7,10-12,14-16H2,1-3H3,(H,27,28);1H. The van der Waals surface area contributed by atoms with Crippen molar-refractivity contribution in [2.24, 2.45) is 10.9 Å². The van der Waals surface area contributed by atoms with Gasteiger partial charge in [0.1, 0.15) is 6.10 Å². The molecular weight excluding hydrogens is 532 g/mol. The zero-order valence-corrected chi connectivity index (χ0v) is 21.5. The van der Waals surface area contributed by atoms with E-state index in [0.29, 0.717) is 37.2 Å². The molecule has 2 fully saturated rings. The molecule has 32 heavy (non-hydrogen) atoms. The van der Waals surface area contributed by atoms with E-state index < -0.39 is 17.8 Å². The number of hydrogen-bond acceptors (Lipinski definition) is 3. The van der Waals surface area contributed by atoms with Gasteiger partial charge in [0, 0.05) is 32.2 Å². The largest absolute Gasteiger partial charge is 0.416 e. The van der Waals surface area contributed by atoms with Gasteiger partial charge in [0.2, 0.25) is 0 Å². The van der Waals surface area contributed by atoms with Crippen molar-refractivity contribution in [1.82, 2.24) is 15.1 Å². The highest BCUT2D eigenvalue weighted by molar-refractivity contribution is 14.0. The van der Waals surface area contributed by atoms with Crippen LogP contribution >= 0.6 is 24.0 Å². The lowest BCUT2D eigenvalue weighted by Gasteiger charge is -2.37. The van der Waals surface area contributed by atoms with Crippen LogP contribution in [0.2, 0.25) is 0 Å². The van der Waals surface area contributed by atoms with Crippen LogP contribution in [0.3, 0.4) is 0 Å². The first-order chi connectivity index (χ1) is 14.8. The molecule has 0 aromatic heterocycles. The molecule has 1 aromatic rings. The van der Waals surface area contributed by atoms with Crippen LogP contribution in [0.4, 0.5) is 13.2 Å². The van der Waals surface area contributed by atoms with Gasteiger partial charge < -0.3 is 19.9 Å².